The van der Waals surface area contributed by atoms with Crippen molar-refractivity contribution in [3.05, 3.63) is 35.9 Å². The molecule has 1 saturated heterocycles. The zero-order valence-corrected chi connectivity index (χ0v) is 14.5. The first kappa shape index (κ1) is 18.4. The highest BCUT2D eigenvalue weighted by molar-refractivity contribution is 6.35. The van der Waals surface area contributed by atoms with Crippen molar-refractivity contribution in [1.29, 1.82) is 0 Å². The summed E-state index contributed by atoms with van der Waals surface area (Å²) in [5.41, 5.74) is 1.17. The fraction of sp³-hybridized carbons (Fsp3) is 0.556. The summed E-state index contributed by atoms with van der Waals surface area (Å²) in [4.78, 5) is 25.6. The first-order chi connectivity index (χ1) is 11.6. The Morgan fingerprint density at radius 1 is 1.21 bits per heavy atom. The molecule has 0 aliphatic carbocycles. The molecule has 132 valence electrons. The molecule has 1 aromatic carbocycles. The van der Waals surface area contributed by atoms with E-state index in [1.165, 1.54) is 5.56 Å². The largest absolute Gasteiger partial charge is 0.371 e. The molecule has 0 unspecified atom stereocenters. The lowest BCUT2D eigenvalue weighted by molar-refractivity contribution is -0.139. The predicted octanol–water partition coefficient (Wildman–Crippen LogP) is 0.948. The van der Waals surface area contributed by atoms with Gasteiger partial charge in [0.1, 0.15) is 0 Å². The number of carbonyl (C=O) groups is 2. The number of rotatable bonds is 6. The Morgan fingerprint density at radius 2 is 1.92 bits per heavy atom. The Labute approximate surface area is 143 Å². The van der Waals surface area contributed by atoms with Gasteiger partial charge in [-0.3, -0.25) is 14.5 Å². The van der Waals surface area contributed by atoms with Gasteiger partial charge in [-0.15, -0.1) is 0 Å². The summed E-state index contributed by atoms with van der Waals surface area (Å²) in [6, 6.07) is 10.1. The Morgan fingerprint density at radius 3 is 2.62 bits per heavy atom. The van der Waals surface area contributed by atoms with E-state index < -0.39 is 11.8 Å². The van der Waals surface area contributed by atoms with Crippen LogP contribution in [0.25, 0.3) is 0 Å². The van der Waals surface area contributed by atoms with E-state index in [4.69, 9.17) is 4.74 Å². The van der Waals surface area contributed by atoms with Crippen molar-refractivity contribution in [2.45, 2.75) is 20.0 Å². The number of nitrogens with zero attached hydrogens (tertiary/aromatic N) is 1. The van der Waals surface area contributed by atoms with Crippen molar-refractivity contribution in [1.82, 2.24) is 15.5 Å². The summed E-state index contributed by atoms with van der Waals surface area (Å²) in [6.07, 6.45) is 0.0602. The minimum Gasteiger partial charge on any atom is -0.371 e. The van der Waals surface area contributed by atoms with Gasteiger partial charge in [0.25, 0.3) is 0 Å². The summed E-state index contributed by atoms with van der Waals surface area (Å²) in [6.45, 7) is 7.93. The highest BCUT2D eigenvalue weighted by atomic mass is 16.5. The first-order valence-electron chi connectivity index (χ1n) is 8.51. The number of carbonyl (C=O) groups excluding carboxylic acids is 2. The van der Waals surface area contributed by atoms with Gasteiger partial charge in [0.05, 0.1) is 12.7 Å². The molecule has 0 saturated carbocycles. The molecular weight excluding hydrogens is 306 g/mol. The third kappa shape index (κ3) is 5.94. The van der Waals surface area contributed by atoms with Crippen molar-refractivity contribution in [2.24, 2.45) is 5.92 Å². The Bertz CT molecular complexity index is 534. The van der Waals surface area contributed by atoms with Crippen molar-refractivity contribution in [3.63, 3.8) is 0 Å². The Kier molecular flexibility index (Phi) is 7.21. The number of benzene rings is 1. The number of hydrogen-bond acceptors (Lipinski definition) is 4. The SMILES string of the molecule is CC(C)CNC(=O)C(=O)NCCN1CCO[C@H](c2ccccc2)C1. The van der Waals surface area contributed by atoms with E-state index in [2.05, 4.69) is 27.7 Å². The van der Waals surface area contributed by atoms with E-state index in [1.54, 1.807) is 0 Å². The van der Waals surface area contributed by atoms with Gasteiger partial charge >= 0.3 is 11.8 Å². The minimum atomic E-state index is -0.566. The van der Waals surface area contributed by atoms with Crippen LogP contribution in [0.3, 0.4) is 0 Å². The van der Waals surface area contributed by atoms with Crippen LogP contribution in [0.5, 0.6) is 0 Å². The monoisotopic (exact) mass is 333 g/mol. The standard InChI is InChI=1S/C18H27N3O3/c1-14(2)12-20-18(23)17(22)19-8-9-21-10-11-24-16(13-21)15-6-4-3-5-7-15/h3-7,14,16H,8-13H2,1-2H3,(H,19,22)(H,20,23)/t16-/m0/s1. The predicted molar refractivity (Wildman–Crippen MR) is 92.4 cm³/mol. The Hall–Kier alpha value is -1.92. The molecule has 0 spiro atoms. The molecule has 1 heterocycles. The average molecular weight is 333 g/mol. The molecule has 1 fully saturated rings. The third-order valence-corrected chi connectivity index (χ3v) is 3.91. The summed E-state index contributed by atoms with van der Waals surface area (Å²) in [7, 11) is 0. The second-order valence-corrected chi connectivity index (χ2v) is 6.43. The highest BCUT2D eigenvalue weighted by Crippen LogP contribution is 2.21. The number of nitrogens with one attached hydrogen (secondary N) is 2. The molecule has 0 aromatic heterocycles. The smallest absolute Gasteiger partial charge is 0.309 e. The van der Waals surface area contributed by atoms with Crippen LogP contribution < -0.4 is 10.6 Å². The van der Waals surface area contributed by atoms with Crippen LogP contribution in [-0.4, -0.2) is 56.0 Å². The minimum absolute atomic E-state index is 0.0602. The van der Waals surface area contributed by atoms with Gasteiger partial charge < -0.3 is 15.4 Å². The number of hydrogen-bond donors (Lipinski definition) is 2. The molecule has 2 rings (SSSR count). The van der Waals surface area contributed by atoms with Crippen LogP contribution in [0.1, 0.15) is 25.5 Å². The quantitative estimate of drug-likeness (QED) is 0.761. The van der Waals surface area contributed by atoms with Crippen LogP contribution in [0.15, 0.2) is 30.3 Å². The summed E-state index contributed by atoms with van der Waals surface area (Å²) in [5.74, 6) is -0.804. The summed E-state index contributed by atoms with van der Waals surface area (Å²) < 4.78 is 5.82. The second-order valence-electron chi connectivity index (χ2n) is 6.43. The molecule has 0 radical (unpaired) electrons. The molecule has 1 aromatic rings. The number of amides is 2. The lowest BCUT2D eigenvalue weighted by atomic mass is 10.1. The topological polar surface area (TPSA) is 70.7 Å². The first-order valence-corrected chi connectivity index (χ1v) is 8.51. The van der Waals surface area contributed by atoms with Gasteiger partial charge in [-0.25, -0.2) is 0 Å². The Balaban J connectivity index is 1.70. The number of morpholine rings is 1. The van der Waals surface area contributed by atoms with Gasteiger partial charge in [-0.1, -0.05) is 44.2 Å². The molecule has 1 atom stereocenters. The number of ether oxygens (including phenoxy) is 1. The van der Waals surface area contributed by atoms with Gasteiger partial charge in [0.15, 0.2) is 0 Å². The van der Waals surface area contributed by atoms with Crippen molar-refractivity contribution in [3.8, 4) is 0 Å². The molecular formula is C18H27N3O3. The van der Waals surface area contributed by atoms with Crippen LogP contribution >= 0.6 is 0 Å². The maximum atomic E-state index is 11.7. The molecule has 6 heteroatoms. The molecule has 24 heavy (non-hydrogen) atoms. The van der Waals surface area contributed by atoms with Crippen LogP contribution in [0.2, 0.25) is 0 Å². The van der Waals surface area contributed by atoms with E-state index in [1.807, 2.05) is 32.0 Å². The van der Waals surface area contributed by atoms with Gasteiger partial charge in [-0.2, -0.15) is 0 Å². The van der Waals surface area contributed by atoms with E-state index in [0.717, 1.165) is 13.1 Å². The molecule has 2 N–H and O–H groups in total. The van der Waals surface area contributed by atoms with Crippen LogP contribution in [-0.2, 0) is 14.3 Å². The van der Waals surface area contributed by atoms with Crippen molar-refractivity contribution >= 4 is 11.8 Å². The fourth-order valence-corrected chi connectivity index (χ4v) is 2.56. The van der Waals surface area contributed by atoms with Crippen LogP contribution in [0, 0.1) is 5.92 Å². The lowest BCUT2D eigenvalue weighted by Gasteiger charge is -2.33. The fourth-order valence-electron chi connectivity index (χ4n) is 2.56. The average Bonchev–Trinajstić information content (AvgIpc) is 2.60. The second kappa shape index (κ2) is 9.39. The molecule has 2 amide bonds. The lowest BCUT2D eigenvalue weighted by Crippen LogP contribution is -2.46. The highest BCUT2D eigenvalue weighted by Gasteiger charge is 2.22. The van der Waals surface area contributed by atoms with E-state index in [0.29, 0.717) is 32.2 Å². The van der Waals surface area contributed by atoms with Gasteiger partial charge in [-0.05, 0) is 11.5 Å². The molecule has 6 nitrogen and oxygen atoms in total. The maximum Gasteiger partial charge on any atom is 0.309 e. The normalized spacial score (nSPS) is 18.4. The van der Waals surface area contributed by atoms with Crippen molar-refractivity contribution in [2.75, 3.05) is 39.3 Å². The zero-order valence-electron chi connectivity index (χ0n) is 14.5. The van der Waals surface area contributed by atoms with Crippen LogP contribution in [0.4, 0.5) is 0 Å². The molecule has 1 aliphatic heterocycles. The van der Waals surface area contributed by atoms with Crippen molar-refractivity contribution < 1.29 is 14.3 Å². The van der Waals surface area contributed by atoms with Gasteiger partial charge in [0.2, 0.25) is 0 Å². The summed E-state index contributed by atoms with van der Waals surface area (Å²) in [5, 5.41) is 5.29. The molecule has 0 bridgehead atoms. The maximum absolute atomic E-state index is 11.7. The van der Waals surface area contributed by atoms with E-state index >= 15 is 0 Å². The molecule has 1 aliphatic rings. The zero-order chi connectivity index (χ0) is 17.4. The van der Waals surface area contributed by atoms with E-state index in [-0.39, 0.29) is 6.10 Å². The van der Waals surface area contributed by atoms with E-state index in [9.17, 15) is 9.59 Å². The third-order valence-electron chi connectivity index (χ3n) is 3.91. The summed E-state index contributed by atoms with van der Waals surface area (Å²) >= 11 is 0. The van der Waals surface area contributed by atoms with Gasteiger partial charge in [0, 0.05) is 32.7 Å².